The molecule has 0 radical (unpaired) electrons. The molecule has 4 heterocycles. The van der Waals surface area contributed by atoms with Gasteiger partial charge < -0.3 is 20.0 Å². The standard InChI is InChI=1S/C35H31N5O5S/c1-16-9-27-21(35-22(31(35)42)15-36-30(16)35)14-28(46-27)29(41)25-12-17-10-19(5-7-23(17)39-25)37-32(43)26-13-18-11-20(6-8-24(18)40-26)38-33(44)45-34(2,3)4/h5-8,10-16,27-28,39-40H,9H2,1-4H3,(H,37,43)(H,38,44)/t16-,27+,28?,35?/m1/s1. The molecule has 2 amide bonds. The molecule has 4 N–H and O–H groups in total. The fourth-order valence-electron chi connectivity index (χ4n) is 6.98. The highest BCUT2D eigenvalue weighted by atomic mass is 32.2. The van der Waals surface area contributed by atoms with Crippen LogP contribution in [0.15, 0.2) is 76.9 Å². The number of nitrogens with zero attached hydrogens (tertiary/aromatic N) is 1. The number of fused-ring (bicyclic) bond motifs is 3. The quantitative estimate of drug-likeness (QED) is 0.141. The van der Waals surface area contributed by atoms with Crippen LogP contribution in [0.4, 0.5) is 16.2 Å². The number of ketones is 2. The molecule has 0 bridgehead atoms. The van der Waals surface area contributed by atoms with E-state index in [-0.39, 0.29) is 33.9 Å². The van der Waals surface area contributed by atoms with Crippen LogP contribution in [0.3, 0.4) is 0 Å². The second-order valence-electron chi connectivity index (χ2n) is 13.4. The van der Waals surface area contributed by atoms with Crippen molar-refractivity contribution < 1.29 is 23.9 Å². The number of nitrogens with one attached hydrogen (secondary N) is 4. The van der Waals surface area contributed by atoms with Crippen molar-refractivity contribution in [2.24, 2.45) is 16.3 Å². The van der Waals surface area contributed by atoms with Gasteiger partial charge in [0.1, 0.15) is 16.7 Å². The number of hydrogen-bond acceptors (Lipinski definition) is 7. The fraction of sp³-hybridized carbons (Fsp3) is 0.286. The Balaban J connectivity index is 0.973. The van der Waals surface area contributed by atoms with Gasteiger partial charge in [-0.15, -0.1) is 11.8 Å². The Kier molecular flexibility index (Phi) is 6.08. The van der Waals surface area contributed by atoms with E-state index in [0.717, 1.165) is 45.1 Å². The molecule has 2 aliphatic heterocycles. The van der Waals surface area contributed by atoms with E-state index in [1.165, 1.54) is 0 Å². The van der Waals surface area contributed by atoms with Crippen molar-refractivity contribution in [1.29, 1.82) is 0 Å². The highest BCUT2D eigenvalue weighted by Crippen LogP contribution is 2.66. The van der Waals surface area contributed by atoms with E-state index in [1.54, 1.807) is 69.1 Å². The lowest BCUT2D eigenvalue weighted by Gasteiger charge is -2.32. The number of rotatable bonds is 5. The molecule has 46 heavy (non-hydrogen) atoms. The Bertz CT molecular complexity index is 2150. The van der Waals surface area contributed by atoms with Gasteiger partial charge in [0, 0.05) is 55.9 Å². The Morgan fingerprint density at radius 3 is 2.28 bits per heavy atom. The Morgan fingerprint density at radius 2 is 1.61 bits per heavy atom. The lowest BCUT2D eigenvalue weighted by Crippen LogP contribution is -2.36. The number of aromatic amines is 2. The number of ether oxygens (including phenoxy) is 1. The number of H-pyrrole nitrogens is 2. The lowest BCUT2D eigenvalue weighted by atomic mass is 9.73. The molecular weight excluding hydrogens is 602 g/mol. The van der Waals surface area contributed by atoms with Crippen LogP contribution < -0.4 is 10.6 Å². The molecule has 1 spiro atoms. The summed E-state index contributed by atoms with van der Waals surface area (Å²) >= 11 is 1.62. The Morgan fingerprint density at radius 1 is 0.957 bits per heavy atom. The number of allylic oxidation sites excluding steroid dienone is 1. The highest BCUT2D eigenvalue weighted by molar-refractivity contribution is 8.01. The van der Waals surface area contributed by atoms with Gasteiger partial charge in [-0.3, -0.25) is 24.7 Å². The summed E-state index contributed by atoms with van der Waals surface area (Å²) < 4.78 is 5.32. The van der Waals surface area contributed by atoms with Crippen molar-refractivity contribution in [3.05, 3.63) is 83.3 Å². The minimum atomic E-state index is -0.665. The number of thioether (sulfide) groups is 1. The van der Waals surface area contributed by atoms with Gasteiger partial charge in [0.2, 0.25) is 0 Å². The molecule has 2 aromatic heterocycles. The van der Waals surface area contributed by atoms with Crippen LogP contribution in [0.2, 0.25) is 0 Å². The van der Waals surface area contributed by atoms with E-state index in [9.17, 15) is 19.2 Å². The molecule has 4 aliphatic rings. The zero-order valence-corrected chi connectivity index (χ0v) is 26.4. The van der Waals surface area contributed by atoms with E-state index in [4.69, 9.17) is 4.74 Å². The van der Waals surface area contributed by atoms with E-state index < -0.39 is 17.1 Å². The third kappa shape index (κ3) is 4.44. The van der Waals surface area contributed by atoms with Gasteiger partial charge in [0.15, 0.2) is 11.6 Å². The maximum Gasteiger partial charge on any atom is 0.412 e. The summed E-state index contributed by atoms with van der Waals surface area (Å²) in [6, 6.07) is 14.3. The highest BCUT2D eigenvalue weighted by Gasteiger charge is 2.72. The van der Waals surface area contributed by atoms with Crippen LogP contribution in [-0.4, -0.2) is 55.3 Å². The van der Waals surface area contributed by atoms with Gasteiger partial charge in [-0.05, 0) is 87.2 Å². The maximum atomic E-state index is 13.7. The van der Waals surface area contributed by atoms with Crippen LogP contribution in [0.1, 0.15) is 55.1 Å². The summed E-state index contributed by atoms with van der Waals surface area (Å²) in [6.45, 7) is 7.50. The topological polar surface area (TPSA) is 146 Å². The number of hydrogen-bond donors (Lipinski definition) is 4. The Labute approximate surface area is 268 Å². The predicted octanol–water partition coefficient (Wildman–Crippen LogP) is 6.79. The van der Waals surface area contributed by atoms with Crippen molar-refractivity contribution in [3.8, 4) is 0 Å². The normalized spacial score (nSPS) is 24.5. The molecule has 0 saturated heterocycles. The molecule has 2 saturated carbocycles. The van der Waals surface area contributed by atoms with Crippen LogP contribution >= 0.6 is 11.8 Å². The van der Waals surface area contributed by atoms with E-state index >= 15 is 0 Å². The SMILES string of the molecule is C[C@@H]1C[C@@H]2SC(C(=O)c3cc4cc(NC(=O)c5cc6cc(NC(=O)OC(C)(C)C)ccc6[nH]5)ccc4[nH]3)C=C2C23C(=O)C2=CN=C13. The summed E-state index contributed by atoms with van der Waals surface area (Å²) in [5, 5.41) is 6.94. The summed E-state index contributed by atoms with van der Waals surface area (Å²) in [4.78, 5) is 62.7. The Hall–Kier alpha value is -4.90. The molecule has 8 rings (SSSR count). The molecule has 2 aromatic carbocycles. The maximum absolute atomic E-state index is 13.7. The largest absolute Gasteiger partial charge is 0.444 e. The minimum Gasteiger partial charge on any atom is -0.444 e. The third-order valence-electron chi connectivity index (χ3n) is 9.01. The van der Waals surface area contributed by atoms with E-state index in [2.05, 4.69) is 32.5 Å². The molecule has 4 atom stereocenters. The number of carbonyl (C=O) groups excluding carboxylic acids is 4. The van der Waals surface area contributed by atoms with Crippen LogP contribution in [0.5, 0.6) is 0 Å². The molecule has 4 aromatic rings. The smallest absolute Gasteiger partial charge is 0.412 e. The van der Waals surface area contributed by atoms with Crippen molar-refractivity contribution in [2.45, 2.75) is 50.2 Å². The van der Waals surface area contributed by atoms with Gasteiger partial charge in [-0.2, -0.15) is 0 Å². The number of benzene rings is 2. The first-order valence-electron chi connectivity index (χ1n) is 15.2. The number of aromatic nitrogens is 2. The van der Waals surface area contributed by atoms with Gasteiger partial charge in [-0.1, -0.05) is 13.0 Å². The zero-order valence-electron chi connectivity index (χ0n) is 25.6. The monoisotopic (exact) mass is 633 g/mol. The molecule has 2 aliphatic carbocycles. The third-order valence-corrected chi connectivity index (χ3v) is 10.4. The van der Waals surface area contributed by atoms with Crippen molar-refractivity contribution in [1.82, 2.24) is 9.97 Å². The second kappa shape index (κ2) is 9.80. The van der Waals surface area contributed by atoms with Crippen molar-refractivity contribution in [2.75, 3.05) is 10.6 Å². The lowest BCUT2D eigenvalue weighted by molar-refractivity contribution is -0.110. The van der Waals surface area contributed by atoms with Crippen molar-refractivity contribution in [3.63, 3.8) is 0 Å². The summed E-state index contributed by atoms with van der Waals surface area (Å²) in [5.74, 6) is -0.0199. The van der Waals surface area contributed by atoms with Gasteiger partial charge in [-0.25, -0.2) is 4.79 Å². The molecular formula is C35H31N5O5S. The average Bonchev–Trinajstić information content (AvgIpc) is 3.60. The first kappa shape index (κ1) is 28.6. The van der Waals surface area contributed by atoms with Gasteiger partial charge in [0.05, 0.1) is 10.9 Å². The average molecular weight is 634 g/mol. The molecule has 232 valence electrons. The van der Waals surface area contributed by atoms with Gasteiger partial charge >= 0.3 is 6.09 Å². The van der Waals surface area contributed by atoms with E-state index in [0.29, 0.717) is 22.8 Å². The summed E-state index contributed by atoms with van der Waals surface area (Å²) in [7, 11) is 0. The van der Waals surface area contributed by atoms with Gasteiger partial charge in [0.25, 0.3) is 5.91 Å². The minimum absolute atomic E-state index is 0.0357. The number of carbonyl (C=O) groups is 4. The molecule has 10 nitrogen and oxygen atoms in total. The molecule has 2 unspecified atom stereocenters. The molecule has 2 fully saturated rings. The second-order valence-corrected chi connectivity index (χ2v) is 14.7. The zero-order chi connectivity index (χ0) is 32.1. The number of Topliss-reactive ketones (excluding diaryl/α,β-unsaturated/α-hetero) is 2. The van der Waals surface area contributed by atoms with Crippen LogP contribution in [0, 0.1) is 11.3 Å². The van der Waals surface area contributed by atoms with Crippen LogP contribution in [-0.2, 0) is 9.53 Å². The summed E-state index contributed by atoms with van der Waals surface area (Å²) in [5.41, 5.74) is 4.97. The fourth-order valence-corrected chi connectivity index (χ4v) is 8.61. The van der Waals surface area contributed by atoms with Crippen molar-refractivity contribution >= 4 is 74.2 Å². The number of aliphatic imine (C=N–C) groups is 1. The first-order chi connectivity index (χ1) is 21.9. The number of amides is 2. The predicted molar refractivity (Wildman–Crippen MR) is 179 cm³/mol. The first-order valence-corrected chi connectivity index (χ1v) is 16.2. The van der Waals surface area contributed by atoms with Crippen LogP contribution in [0.25, 0.3) is 21.8 Å². The number of anilines is 2. The molecule has 11 heteroatoms. The summed E-state index contributed by atoms with van der Waals surface area (Å²) in [6.07, 6.45) is 4.02. The van der Waals surface area contributed by atoms with E-state index in [1.807, 2.05) is 24.3 Å².